The topological polar surface area (TPSA) is 52.7 Å². The maximum absolute atomic E-state index is 12.5. The van der Waals surface area contributed by atoms with Crippen LogP contribution in [-0.4, -0.2) is 19.3 Å². The van der Waals surface area contributed by atoms with Crippen LogP contribution in [0.4, 0.5) is 0 Å². The standard InChI is InChI=1S/C15H15BrN4O/c1-3-20-12(6-10(2)18-20)8-19-9-17-14-7-11(16)4-5-13(14)15(19)21/h4-7,9H,3,8H2,1-2H3. The van der Waals surface area contributed by atoms with E-state index in [9.17, 15) is 4.79 Å². The van der Waals surface area contributed by atoms with Gasteiger partial charge in [0.25, 0.3) is 5.56 Å². The van der Waals surface area contributed by atoms with Gasteiger partial charge >= 0.3 is 0 Å². The Labute approximate surface area is 130 Å². The minimum Gasteiger partial charge on any atom is -0.293 e. The van der Waals surface area contributed by atoms with Gasteiger partial charge in [-0.15, -0.1) is 0 Å². The highest BCUT2D eigenvalue weighted by Crippen LogP contribution is 2.15. The monoisotopic (exact) mass is 346 g/mol. The van der Waals surface area contributed by atoms with Gasteiger partial charge in [0.15, 0.2) is 0 Å². The van der Waals surface area contributed by atoms with Crippen molar-refractivity contribution in [2.45, 2.75) is 26.9 Å². The molecule has 0 aliphatic rings. The lowest BCUT2D eigenvalue weighted by atomic mass is 10.2. The van der Waals surface area contributed by atoms with Crippen molar-refractivity contribution < 1.29 is 0 Å². The van der Waals surface area contributed by atoms with E-state index in [4.69, 9.17) is 0 Å². The summed E-state index contributed by atoms with van der Waals surface area (Å²) in [5.74, 6) is 0. The van der Waals surface area contributed by atoms with Crippen LogP contribution in [0.5, 0.6) is 0 Å². The Morgan fingerprint density at radius 1 is 1.29 bits per heavy atom. The minimum absolute atomic E-state index is 0.0333. The number of halogens is 1. The van der Waals surface area contributed by atoms with Gasteiger partial charge in [0.05, 0.1) is 35.2 Å². The van der Waals surface area contributed by atoms with E-state index in [1.165, 1.54) is 0 Å². The Hall–Kier alpha value is -1.95. The first-order valence-corrected chi connectivity index (χ1v) is 7.56. The molecule has 0 saturated carbocycles. The second kappa shape index (κ2) is 5.44. The predicted octanol–water partition coefficient (Wildman–Crippen LogP) is 2.73. The van der Waals surface area contributed by atoms with E-state index in [0.717, 1.165) is 22.4 Å². The molecule has 2 aromatic heterocycles. The summed E-state index contributed by atoms with van der Waals surface area (Å²) in [5, 5.41) is 5.03. The van der Waals surface area contributed by atoms with Crippen molar-refractivity contribution in [2.24, 2.45) is 0 Å². The molecular formula is C15H15BrN4O. The van der Waals surface area contributed by atoms with E-state index in [1.807, 2.05) is 36.7 Å². The van der Waals surface area contributed by atoms with E-state index >= 15 is 0 Å². The fourth-order valence-corrected chi connectivity index (χ4v) is 2.77. The second-order valence-electron chi connectivity index (χ2n) is 4.93. The van der Waals surface area contributed by atoms with Crippen LogP contribution in [0.25, 0.3) is 10.9 Å². The SMILES string of the molecule is CCn1nc(C)cc1Cn1cnc2cc(Br)ccc2c1=O. The highest BCUT2D eigenvalue weighted by Gasteiger charge is 2.09. The zero-order valence-electron chi connectivity index (χ0n) is 11.9. The molecule has 6 heteroatoms. The highest BCUT2D eigenvalue weighted by atomic mass is 79.9. The average molecular weight is 347 g/mol. The Balaban J connectivity index is 2.07. The predicted molar refractivity (Wildman–Crippen MR) is 85.4 cm³/mol. The molecule has 21 heavy (non-hydrogen) atoms. The first-order chi connectivity index (χ1) is 10.1. The van der Waals surface area contributed by atoms with Gasteiger partial charge in [0.1, 0.15) is 0 Å². The van der Waals surface area contributed by atoms with Crippen molar-refractivity contribution in [3.63, 3.8) is 0 Å². The number of benzene rings is 1. The Morgan fingerprint density at radius 2 is 2.10 bits per heavy atom. The Morgan fingerprint density at radius 3 is 2.86 bits per heavy atom. The molecule has 0 aliphatic carbocycles. The van der Waals surface area contributed by atoms with Crippen LogP contribution in [0.3, 0.4) is 0 Å². The quantitative estimate of drug-likeness (QED) is 0.732. The number of fused-ring (bicyclic) bond motifs is 1. The zero-order valence-corrected chi connectivity index (χ0v) is 13.5. The minimum atomic E-state index is -0.0333. The molecule has 0 radical (unpaired) electrons. The molecule has 3 rings (SSSR count). The molecule has 1 aromatic carbocycles. The van der Waals surface area contributed by atoms with Crippen molar-refractivity contribution in [3.8, 4) is 0 Å². The number of hydrogen-bond donors (Lipinski definition) is 0. The van der Waals surface area contributed by atoms with E-state index in [1.54, 1.807) is 17.0 Å². The molecule has 0 saturated heterocycles. The number of aryl methyl sites for hydroxylation is 2. The van der Waals surface area contributed by atoms with E-state index in [0.29, 0.717) is 17.4 Å². The largest absolute Gasteiger partial charge is 0.293 e. The zero-order chi connectivity index (χ0) is 15.0. The average Bonchev–Trinajstić information content (AvgIpc) is 2.82. The lowest BCUT2D eigenvalue weighted by Crippen LogP contribution is -2.22. The maximum atomic E-state index is 12.5. The molecule has 0 atom stereocenters. The first-order valence-electron chi connectivity index (χ1n) is 6.76. The smallest absolute Gasteiger partial charge is 0.261 e. The van der Waals surface area contributed by atoms with Crippen molar-refractivity contribution in [1.29, 1.82) is 0 Å². The van der Waals surface area contributed by atoms with Crippen LogP contribution in [0.15, 0.2) is 39.9 Å². The molecular weight excluding hydrogens is 332 g/mol. The molecule has 108 valence electrons. The van der Waals surface area contributed by atoms with Gasteiger partial charge in [-0.1, -0.05) is 15.9 Å². The lowest BCUT2D eigenvalue weighted by molar-refractivity contribution is 0.590. The fraction of sp³-hybridized carbons (Fsp3) is 0.267. The second-order valence-corrected chi connectivity index (χ2v) is 5.85. The Kier molecular flexibility index (Phi) is 3.63. The molecule has 0 bridgehead atoms. The summed E-state index contributed by atoms with van der Waals surface area (Å²) >= 11 is 3.39. The number of rotatable bonds is 3. The van der Waals surface area contributed by atoms with Crippen LogP contribution in [0.1, 0.15) is 18.3 Å². The summed E-state index contributed by atoms with van der Waals surface area (Å²) in [7, 11) is 0. The van der Waals surface area contributed by atoms with E-state index in [-0.39, 0.29) is 5.56 Å². The maximum Gasteiger partial charge on any atom is 0.261 e. The van der Waals surface area contributed by atoms with Crippen LogP contribution < -0.4 is 5.56 Å². The van der Waals surface area contributed by atoms with Crippen LogP contribution in [0.2, 0.25) is 0 Å². The summed E-state index contributed by atoms with van der Waals surface area (Å²) in [4.78, 5) is 16.9. The molecule has 0 spiro atoms. The van der Waals surface area contributed by atoms with Crippen LogP contribution in [-0.2, 0) is 13.1 Å². The van der Waals surface area contributed by atoms with Gasteiger partial charge in [0.2, 0.25) is 0 Å². The van der Waals surface area contributed by atoms with Crippen molar-refractivity contribution in [2.75, 3.05) is 0 Å². The molecule has 3 aromatic rings. The highest BCUT2D eigenvalue weighted by molar-refractivity contribution is 9.10. The fourth-order valence-electron chi connectivity index (χ4n) is 2.42. The van der Waals surface area contributed by atoms with Gasteiger partial charge in [-0.3, -0.25) is 14.0 Å². The molecule has 2 heterocycles. The van der Waals surface area contributed by atoms with Gasteiger partial charge in [-0.2, -0.15) is 5.10 Å². The molecule has 0 amide bonds. The number of hydrogen-bond acceptors (Lipinski definition) is 3. The molecule has 0 fully saturated rings. The summed E-state index contributed by atoms with van der Waals surface area (Å²) in [6.07, 6.45) is 1.60. The van der Waals surface area contributed by atoms with Crippen LogP contribution in [0, 0.1) is 6.92 Å². The third-order valence-corrected chi connectivity index (χ3v) is 3.90. The third-order valence-electron chi connectivity index (χ3n) is 3.40. The van der Waals surface area contributed by atoms with Gasteiger partial charge < -0.3 is 0 Å². The first kappa shape index (κ1) is 14.0. The molecule has 5 nitrogen and oxygen atoms in total. The van der Waals surface area contributed by atoms with Crippen molar-refractivity contribution >= 4 is 26.8 Å². The molecule has 0 unspecified atom stereocenters. The third kappa shape index (κ3) is 2.63. The van der Waals surface area contributed by atoms with Gasteiger partial charge in [-0.25, -0.2) is 4.98 Å². The van der Waals surface area contributed by atoms with Crippen molar-refractivity contribution in [3.05, 3.63) is 56.8 Å². The molecule has 0 aliphatic heterocycles. The van der Waals surface area contributed by atoms with Crippen molar-refractivity contribution in [1.82, 2.24) is 19.3 Å². The summed E-state index contributed by atoms with van der Waals surface area (Å²) < 4.78 is 4.45. The number of aromatic nitrogens is 4. The van der Waals surface area contributed by atoms with E-state index in [2.05, 4.69) is 26.0 Å². The van der Waals surface area contributed by atoms with Gasteiger partial charge in [0, 0.05) is 11.0 Å². The normalized spacial score (nSPS) is 11.2. The Bertz CT molecular complexity index is 866. The summed E-state index contributed by atoms with van der Waals surface area (Å²) in [5.41, 5.74) is 2.63. The molecule has 0 N–H and O–H groups in total. The lowest BCUT2D eigenvalue weighted by Gasteiger charge is -2.08. The van der Waals surface area contributed by atoms with Gasteiger partial charge in [-0.05, 0) is 38.1 Å². The van der Waals surface area contributed by atoms with E-state index < -0.39 is 0 Å². The van der Waals surface area contributed by atoms with Crippen LogP contribution >= 0.6 is 15.9 Å². The summed E-state index contributed by atoms with van der Waals surface area (Å²) in [6, 6.07) is 7.51. The summed E-state index contributed by atoms with van der Waals surface area (Å²) in [6.45, 7) is 5.25. The number of nitrogens with zero attached hydrogens (tertiary/aromatic N) is 4.